The van der Waals surface area contributed by atoms with Crippen molar-refractivity contribution in [3.05, 3.63) is 17.8 Å². The van der Waals surface area contributed by atoms with Gasteiger partial charge in [0.25, 0.3) is 0 Å². The number of nitrogens with two attached hydrogens (primary N) is 1. The van der Waals surface area contributed by atoms with Gasteiger partial charge in [-0.15, -0.1) is 0 Å². The van der Waals surface area contributed by atoms with Crippen molar-refractivity contribution in [2.24, 2.45) is 0 Å². The molecule has 1 aliphatic rings. The van der Waals surface area contributed by atoms with Crippen molar-refractivity contribution in [3.8, 4) is 0 Å². The van der Waals surface area contributed by atoms with Gasteiger partial charge in [-0.2, -0.15) is 0 Å². The molecular formula is C14H21N3O3. The normalized spacial score (nSPS) is 20.7. The minimum Gasteiger partial charge on any atom is -0.478 e. The lowest BCUT2D eigenvalue weighted by molar-refractivity contribution is -0.133. The number of carboxylic acid groups (broad SMARTS) is 1. The van der Waals surface area contributed by atoms with E-state index in [1.54, 1.807) is 0 Å². The zero-order chi connectivity index (χ0) is 15.1. The van der Waals surface area contributed by atoms with Crippen LogP contribution >= 0.6 is 0 Å². The number of aromatic nitrogens is 1. The molecule has 0 amide bonds. The molecule has 20 heavy (non-hydrogen) atoms. The number of morpholine rings is 1. The molecule has 6 heteroatoms. The Morgan fingerprint density at radius 1 is 1.35 bits per heavy atom. The molecule has 0 saturated carbocycles. The number of anilines is 2. The molecule has 1 aromatic rings. The van der Waals surface area contributed by atoms with Gasteiger partial charge < -0.3 is 20.5 Å². The number of rotatable bonds is 2. The summed E-state index contributed by atoms with van der Waals surface area (Å²) < 4.78 is 6.00. The average Bonchev–Trinajstić information content (AvgIpc) is 2.24. The summed E-state index contributed by atoms with van der Waals surface area (Å²) in [5, 5.41) is 9.14. The third-order valence-electron chi connectivity index (χ3n) is 3.19. The Labute approximate surface area is 118 Å². The second-order valence-electron chi connectivity index (χ2n) is 6.38. The first-order chi connectivity index (χ1) is 9.11. The van der Waals surface area contributed by atoms with Crippen molar-refractivity contribution in [3.63, 3.8) is 0 Å². The number of ether oxygens (including phenoxy) is 1. The van der Waals surface area contributed by atoms with Gasteiger partial charge in [-0.25, -0.2) is 9.78 Å². The van der Waals surface area contributed by atoms with Gasteiger partial charge in [0.05, 0.1) is 22.5 Å². The summed E-state index contributed by atoms with van der Waals surface area (Å²) in [7, 11) is 0. The average molecular weight is 279 g/mol. The highest BCUT2D eigenvalue weighted by atomic mass is 16.5. The van der Waals surface area contributed by atoms with E-state index in [-0.39, 0.29) is 22.5 Å². The topological polar surface area (TPSA) is 88.7 Å². The van der Waals surface area contributed by atoms with E-state index in [1.165, 1.54) is 12.3 Å². The molecule has 3 N–H and O–H groups in total. The summed E-state index contributed by atoms with van der Waals surface area (Å²) in [5.41, 5.74) is 5.55. The lowest BCUT2D eigenvalue weighted by atomic mass is 9.98. The lowest BCUT2D eigenvalue weighted by Crippen LogP contribution is -2.57. The van der Waals surface area contributed by atoms with Crippen molar-refractivity contribution < 1.29 is 14.6 Å². The Kier molecular flexibility index (Phi) is 3.37. The van der Waals surface area contributed by atoms with Crippen molar-refractivity contribution >= 4 is 17.5 Å². The molecule has 110 valence electrons. The number of carboxylic acids is 1. The Morgan fingerprint density at radius 2 is 1.90 bits per heavy atom. The van der Waals surface area contributed by atoms with Crippen molar-refractivity contribution in [2.45, 2.75) is 38.9 Å². The largest absolute Gasteiger partial charge is 0.478 e. The number of pyridine rings is 1. The van der Waals surface area contributed by atoms with Crippen LogP contribution in [-0.4, -0.2) is 40.4 Å². The maximum Gasteiger partial charge on any atom is 0.337 e. The standard InChI is InChI=1S/C14H21N3O3/c1-13(2)7-17(8-14(3,4)20-13)11-10(15)9(12(18)19)5-6-16-11/h5-6H,7-8,15H2,1-4H3,(H,18,19). The van der Waals surface area contributed by atoms with Crippen LogP contribution in [0.15, 0.2) is 12.3 Å². The van der Waals surface area contributed by atoms with Gasteiger partial charge in [-0.3, -0.25) is 0 Å². The Hall–Kier alpha value is -1.82. The Balaban J connectivity index is 2.41. The number of carbonyl (C=O) groups is 1. The van der Waals surface area contributed by atoms with Gasteiger partial charge in [0.15, 0.2) is 5.82 Å². The van der Waals surface area contributed by atoms with Gasteiger partial charge in [-0.05, 0) is 33.8 Å². The van der Waals surface area contributed by atoms with E-state index in [2.05, 4.69) is 4.98 Å². The summed E-state index contributed by atoms with van der Waals surface area (Å²) in [6, 6.07) is 1.41. The molecule has 0 radical (unpaired) electrons. The lowest BCUT2D eigenvalue weighted by Gasteiger charge is -2.47. The van der Waals surface area contributed by atoms with Crippen LogP contribution < -0.4 is 10.6 Å². The van der Waals surface area contributed by atoms with E-state index in [1.807, 2.05) is 32.6 Å². The summed E-state index contributed by atoms with van der Waals surface area (Å²) >= 11 is 0. The van der Waals surface area contributed by atoms with E-state index < -0.39 is 5.97 Å². The molecule has 1 aliphatic heterocycles. The molecule has 0 unspecified atom stereocenters. The van der Waals surface area contributed by atoms with Crippen LogP contribution in [-0.2, 0) is 4.74 Å². The Bertz CT molecular complexity index is 524. The van der Waals surface area contributed by atoms with Crippen LogP contribution in [0, 0.1) is 0 Å². The van der Waals surface area contributed by atoms with Gasteiger partial charge >= 0.3 is 5.97 Å². The SMILES string of the molecule is CC1(C)CN(c2nccc(C(=O)O)c2N)CC(C)(C)O1. The quantitative estimate of drug-likeness (QED) is 0.857. The summed E-state index contributed by atoms with van der Waals surface area (Å²) in [6.45, 7) is 9.21. The van der Waals surface area contributed by atoms with Gasteiger partial charge in [0, 0.05) is 19.3 Å². The molecule has 1 fully saturated rings. The van der Waals surface area contributed by atoms with E-state index in [9.17, 15) is 4.79 Å². The molecule has 1 aromatic heterocycles. The van der Waals surface area contributed by atoms with Crippen LogP contribution in [0.25, 0.3) is 0 Å². The van der Waals surface area contributed by atoms with Crippen LogP contribution in [0.3, 0.4) is 0 Å². The number of hydrogen-bond donors (Lipinski definition) is 2. The molecule has 6 nitrogen and oxygen atoms in total. The molecular weight excluding hydrogens is 258 g/mol. The van der Waals surface area contributed by atoms with Crippen LogP contribution in [0.1, 0.15) is 38.1 Å². The van der Waals surface area contributed by atoms with E-state index in [0.29, 0.717) is 18.9 Å². The van der Waals surface area contributed by atoms with Crippen molar-refractivity contribution in [1.82, 2.24) is 4.98 Å². The molecule has 1 saturated heterocycles. The smallest absolute Gasteiger partial charge is 0.337 e. The fourth-order valence-corrected chi connectivity index (χ4v) is 2.84. The molecule has 0 bridgehead atoms. The number of aromatic carboxylic acids is 1. The number of nitrogen functional groups attached to an aromatic ring is 1. The second kappa shape index (κ2) is 4.63. The van der Waals surface area contributed by atoms with Crippen molar-refractivity contribution in [2.75, 3.05) is 23.7 Å². The molecule has 0 aromatic carbocycles. The molecule has 0 spiro atoms. The van der Waals surface area contributed by atoms with Crippen LogP contribution in [0.2, 0.25) is 0 Å². The second-order valence-corrected chi connectivity index (χ2v) is 6.38. The fraction of sp³-hybridized carbons (Fsp3) is 0.571. The zero-order valence-electron chi connectivity index (χ0n) is 12.3. The zero-order valence-corrected chi connectivity index (χ0v) is 12.3. The van der Waals surface area contributed by atoms with Gasteiger partial charge in [0.2, 0.25) is 0 Å². The molecule has 0 atom stereocenters. The number of nitrogens with zero attached hydrogens (tertiary/aromatic N) is 2. The summed E-state index contributed by atoms with van der Waals surface area (Å²) in [6.07, 6.45) is 1.48. The summed E-state index contributed by atoms with van der Waals surface area (Å²) in [5.74, 6) is -0.535. The van der Waals surface area contributed by atoms with Gasteiger partial charge in [-0.1, -0.05) is 0 Å². The highest BCUT2D eigenvalue weighted by molar-refractivity contribution is 5.96. The Morgan fingerprint density at radius 3 is 2.40 bits per heavy atom. The first-order valence-corrected chi connectivity index (χ1v) is 6.54. The molecule has 2 rings (SSSR count). The number of hydrogen-bond acceptors (Lipinski definition) is 5. The third-order valence-corrected chi connectivity index (χ3v) is 3.19. The maximum absolute atomic E-state index is 11.2. The fourth-order valence-electron chi connectivity index (χ4n) is 2.84. The van der Waals surface area contributed by atoms with Crippen molar-refractivity contribution in [1.29, 1.82) is 0 Å². The third kappa shape index (κ3) is 2.85. The first kappa shape index (κ1) is 14.6. The first-order valence-electron chi connectivity index (χ1n) is 6.54. The van der Waals surface area contributed by atoms with E-state index in [4.69, 9.17) is 15.6 Å². The van der Waals surface area contributed by atoms with Gasteiger partial charge in [0.1, 0.15) is 0 Å². The summed E-state index contributed by atoms with van der Waals surface area (Å²) in [4.78, 5) is 17.4. The minimum atomic E-state index is -1.04. The maximum atomic E-state index is 11.2. The van der Waals surface area contributed by atoms with E-state index in [0.717, 1.165) is 0 Å². The van der Waals surface area contributed by atoms with E-state index >= 15 is 0 Å². The minimum absolute atomic E-state index is 0.0807. The van der Waals surface area contributed by atoms with Crippen LogP contribution in [0.5, 0.6) is 0 Å². The predicted octanol–water partition coefficient (Wildman–Crippen LogP) is 1.76. The molecule has 0 aliphatic carbocycles. The molecule has 2 heterocycles. The highest BCUT2D eigenvalue weighted by Gasteiger charge is 2.39. The van der Waals surface area contributed by atoms with Crippen LogP contribution in [0.4, 0.5) is 11.5 Å². The highest BCUT2D eigenvalue weighted by Crippen LogP contribution is 2.33. The predicted molar refractivity (Wildman–Crippen MR) is 77.1 cm³/mol. The monoisotopic (exact) mass is 279 g/mol.